The molecule has 0 N–H and O–H groups in total. The van der Waals surface area contributed by atoms with Crippen molar-refractivity contribution in [3.8, 4) is 0 Å². The van der Waals surface area contributed by atoms with Crippen molar-refractivity contribution in [3.05, 3.63) is 30.3 Å². The van der Waals surface area contributed by atoms with E-state index in [9.17, 15) is 0 Å². The minimum absolute atomic E-state index is 0.562. The second-order valence-corrected chi connectivity index (χ2v) is 9.36. The predicted octanol–water partition coefficient (Wildman–Crippen LogP) is 2.59. The van der Waals surface area contributed by atoms with E-state index in [1.54, 1.807) is 14.2 Å². The van der Waals surface area contributed by atoms with Crippen molar-refractivity contribution in [1.29, 1.82) is 0 Å². The molecule has 1 saturated heterocycles. The molecule has 1 aliphatic carbocycles. The Labute approximate surface area is 122 Å². The van der Waals surface area contributed by atoms with Gasteiger partial charge in [-0.25, -0.2) is 0 Å². The van der Waals surface area contributed by atoms with Crippen LogP contribution in [-0.4, -0.2) is 35.0 Å². The number of fused-ring (bicyclic) bond motifs is 1. The van der Waals surface area contributed by atoms with Crippen molar-refractivity contribution in [2.45, 2.75) is 43.9 Å². The molecule has 1 aromatic rings. The Morgan fingerprint density at radius 3 is 2.50 bits per heavy atom. The molecule has 4 heteroatoms. The molecule has 3 unspecified atom stereocenters. The molecule has 2 fully saturated rings. The van der Waals surface area contributed by atoms with Crippen molar-refractivity contribution >= 4 is 13.7 Å². The lowest BCUT2D eigenvalue weighted by atomic mass is 9.88. The van der Waals surface area contributed by atoms with Gasteiger partial charge in [-0.2, -0.15) is 0 Å². The average molecular weight is 292 g/mol. The topological polar surface area (TPSA) is 31.0 Å². The summed E-state index contributed by atoms with van der Waals surface area (Å²) in [5.41, 5.74) is 0. The molecule has 1 heterocycles. The van der Waals surface area contributed by atoms with Crippen LogP contribution in [0.4, 0.5) is 0 Å². The summed E-state index contributed by atoms with van der Waals surface area (Å²) in [7, 11) is 1.34. The quantitative estimate of drug-likeness (QED) is 0.596. The number of benzene rings is 1. The maximum absolute atomic E-state index is 5.89. The SMILES string of the molecule is CO[Si](CCC1CCC2OC2C1)(OC)c1ccccc1. The Morgan fingerprint density at radius 1 is 1.10 bits per heavy atom. The average Bonchev–Trinajstić information content (AvgIpc) is 3.28. The van der Waals surface area contributed by atoms with Gasteiger partial charge in [0, 0.05) is 14.2 Å². The third-order valence-corrected chi connectivity index (χ3v) is 8.35. The van der Waals surface area contributed by atoms with Crippen LogP contribution >= 0.6 is 0 Å². The van der Waals surface area contributed by atoms with Crippen LogP contribution in [0.1, 0.15) is 25.7 Å². The first-order valence-corrected chi connectivity index (χ1v) is 9.61. The Kier molecular flexibility index (Phi) is 4.26. The van der Waals surface area contributed by atoms with Crippen molar-refractivity contribution < 1.29 is 13.6 Å². The van der Waals surface area contributed by atoms with Gasteiger partial charge in [0.15, 0.2) is 0 Å². The Hall–Kier alpha value is -0.683. The fourth-order valence-corrected chi connectivity index (χ4v) is 6.33. The van der Waals surface area contributed by atoms with Gasteiger partial charge in [0.05, 0.1) is 12.2 Å². The van der Waals surface area contributed by atoms with E-state index < -0.39 is 8.56 Å². The van der Waals surface area contributed by atoms with E-state index in [2.05, 4.69) is 24.3 Å². The lowest BCUT2D eigenvalue weighted by Gasteiger charge is -2.30. The van der Waals surface area contributed by atoms with Crippen LogP contribution in [0.15, 0.2) is 30.3 Å². The minimum atomic E-state index is -2.25. The highest BCUT2D eigenvalue weighted by atomic mass is 28.4. The molecule has 0 amide bonds. The first-order valence-electron chi connectivity index (χ1n) is 7.58. The molecule has 110 valence electrons. The van der Waals surface area contributed by atoms with Gasteiger partial charge >= 0.3 is 8.56 Å². The van der Waals surface area contributed by atoms with Gasteiger partial charge in [-0.15, -0.1) is 0 Å². The number of hydrogen-bond donors (Lipinski definition) is 0. The van der Waals surface area contributed by atoms with E-state index in [-0.39, 0.29) is 0 Å². The highest BCUT2D eigenvalue weighted by Crippen LogP contribution is 2.41. The fraction of sp³-hybridized carbons (Fsp3) is 0.625. The van der Waals surface area contributed by atoms with Gasteiger partial charge in [0.1, 0.15) is 0 Å². The Balaban J connectivity index is 1.64. The number of hydrogen-bond acceptors (Lipinski definition) is 3. The fourth-order valence-electron chi connectivity index (χ4n) is 3.50. The highest BCUT2D eigenvalue weighted by molar-refractivity contribution is 6.81. The predicted molar refractivity (Wildman–Crippen MR) is 81.3 cm³/mol. The normalized spacial score (nSPS) is 29.0. The van der Waals surface area contributed by atoms with Crippen LogP contribution < -0.4 is 5.19 Å². The van der Waals surface area contributed by atoms with E-state index in [1.807, 2.05) is 6.07 Å². The third-order valence-electron chi connectivity index (χ3n) is 4.87. The molecule has 3 nitrogen and oxygen atoms in total. The molecule has 0 bridgehead atoms. The highest BCUT2D eigenvalue weighted by Gasteiger charge is 2.45. The monoisotopic (exact) mass is 292 g/mol. The molecule has 0 radical (unpaired) electrons. The molecule has 3 atom stereocenters. The van der Waals surface area contributed by atoms with Gasteiger partial charge < -0.3 is 13.6 Å². The summed E-state index contributed by atoms with van der Waals surface area (Å²) in [5, 5.41) is 1.24. The van der Waals surface area contributed by atoms with Gasteiger partial charge in [-0.1, -0.05) is 30.3 Å². The Bertz CT molecular complexity index is 433. The van der Waals surface area contributed by atoms with Crippen molar-refractivity contribution in [2.24, 2.45) is 5.92 Å². The molecule has 1 aliphatic heterocycles. The van der Waals surface area contributed by atoms with Crippen molar-refractivity contribution in [3.63, 3.8) is 0 Å². The molecule has 0 aromatic heterocycles. The van der Waals surface area contributed by atoms with E-state index in [0.29, 0.717) is 12.2 Å². The molecule has 1 aromatic carbocycles. The molecule has 1 saturated carbocycles. The Morgan fingerprint density at radius 2 is 1.85 bits per heavy atom. The van der Waals surface area contributed by atoms with Crippen LogP contribution in [0.2, 0.25) is 6.04 Å². The third kappa shape index (κ3) is 2.84. The lowest BCUT2D eigenvalue weighted by molar-refractivity contribution is 0.249. The molecule has 3 rings (SSSR count). The van der Waals surface area contributed by atoms with Crippen LogP contribution in [-0.2, 0) is 13.6 Å². The maximum atomic E-state index is 5.89. The number of epoxide rings is 1. The number of ether oxygens (including phenoxy) is 1. The van der Waals surface area contributed by atoms with Crippen LogP contribution in [0.3, 0.4) is 0 Å². The summed E-state index contributed by atoms with van der Waals surface area (Å²) in [4.78, 5) is 0. The minimum Gasteiger partial charge on any atom is -0.394 e. The summed E-state index contributed by atoms with van der Waals surface area (Å²) in [6.07, 6.45) is 6.12. The van der Waals surface area contributed by atoms with E-state index in [4.69, 9.17) is 13.6 Å². The second kappa shape index (κ2) is 5.98. The summed E-state index contributed by atoms with van der Waals surface area (Å²) < 4.78 is 17.4. The zero-order valence-electron chi connectivity index (χ0n) is 12.4. The van der Waals surface area contributed by atoms with Gasteiger partial charge in [-0.05, 0) is 42.8 Å². The van der Waals surface area contributed by atoms with Crippen molar-refractivity contribution in [2.75, 3.05) is 14.2 Å². The molecule has 0 spiro atoms. The summed E-state index contributed by atoms with van der Waals surface area (Å²) in [5.74, 6) is 0.777. The first kappa shape index (κ1) is 14.3. The molecule has 2 aliphatic rings. The zero-order valence-corrected chi connectivity index (χ0v) is 13.4. The van der Waals surface area contributed by atoms with Gasteiger partial charge in [0.2, 0.25) is 0 Å². The standard InChI is InChI=1S/C16H24O3Si/c1-17-20(18-2,14-6-4-3-5-7-14)11-10-13-8-9-15-16(12-13)19-15/h3-7,13,15-16H,8-12H2,1-2H3. The van der Waals surface area contributed by atoms with E-state index in [0.717, 1.165) is 12.0 Å². The van der Waals surface area contributed by atoms with Crippen LogP contribution in [0, 0.1) is 5.92 Å². The maximum Gasteiger partial charge on any atom is 0.372 e. The lowest BCUT2D eigenvalue weighted by Crippen LogP contribution is -2.52. The first-order chi connectivity index (χ1) is 9.77. The second-order valence-electron chi connectivity index (χ2n) is 5.96. The summed E-state index contributed by atoms with van der Waals surface area (Å²) in [6.45, 7) is 0. The molecular formula is C16H24O3Si. The van der Waals surface area contributed by atoms with Crippen LogP contribution in [0.25, 0.3) is 0 Å². The summed E-state index contributed by atoms with van der Waals surface area (Å²) in [6, 6.07) is 11.5. The number of rotatable bonds is 6. The van der Waals surface area contributed by atoms with E-state index in [1.165, 1.54) is 30.9 Å². The smallest absolute Gasteiger partial charge is 0.372 e. The summed E-state index contributed by atoms with van der Waals surface area (Å²) >= 11 is 0. The molecule has 20 heavy (non-hydrogen) atoms. The van der Waals surface area contributed by atoms with Gasteiger partial charge in [-0.3, -0.25) is 0 Å². The van der Waals surface area contributed by atoms with Crippen LogP contribution in [0.5, 0.6) is 0 Å². The molecular weight excluding hydrogens is 268 g/mol. The zero-order chi connectivity index (χ0) is 14.0. The van der Waals surface area contributed by atoms with Gasteiger partial charge in [0.25, 0.3) is 0 Å². The van der Waals surface area contributed by atoms with Crippen molar-refractivity contribution in [1.82, 2.24) is 0 Å². The van der Waals surface area contributed by atoms with E-state index >= 15 is 0 Å². The largest absolute Gasteiger partial charge is 0.394 e.